The van der Waals surface area contributed by atoms with Crippen LogP contribution in [-0.4, -0.2) is 75.7 Å². The van der Waals surface area contributed by atoms with E-state index in [1.165, 1.54) is 12.1 Å². The Morgan fingerprint density at radius 3 is 2.44 bits per heavy atom. The lowest BCUT2D eigenvalue weighted by atomic mass is 10.1. The standard InChI is InChI=1S/C25H29FN4O4/c26-19-1-3-20(4-2-19)29-11-9-28(10-12-29)8-7-27-25(32)18-15-24(31)30(17-18)21-5-6-22-23(16-21)34-14-13-33-22/h1-6,16,18H,7-15,17H2,(H,27,32). The molecule has 2 aromatic carbocycles. The summed E-state index contributed by atoms with van der Waals surface area (Å²) in [5, 5.41) is 3.00. The van der Waals surface area contributed by atoms with Crippen molar-refractivity contribution in [3.63, 3.8) is 0 Å². The second kappa shape index (κ2) is 9.89. The third-order valence-corrected chi connectivity index (χ3v) is 6.62. The zero-order valence-corrected chi connectivity index (χ0v) is 19.0. The maximum absolute atomic E-state index is 13.1. The highest BCUT2D eigenvalue weighted by Crippen LogP contribution is 2.36. The summed E-state index contributed by atoms with van der Waals surface area (Å²) in [6, 6.07) is 12.0. The van der Waals surface area contributed by atoms with Crippen LogP contribution in [0.4, 0.5) is 15.8 Å². The first-order chi connectivity index (χ1) is 16.6. The van der Waals surface area contributed by atoms with Crippen molar-refractivity contribution in [2.24, 2.45) is 5.92 Å². The van der Waals surface area contributed by atoms with E-state index in [-0.39, 0.29) is 30.0 Å². The highest BCUT2D eigenvalue weighted by Gasteiger charge is 2.35. The van der Waals surface area contributed by atoms with E-state index in [2.05, 4.69) is 15.1 Å². The van der Waals surface area contributed by atoms with Crippen molar-refractivity contribution in [3.8, 4) is 11.5 Å². The quantitative estimate of drug-likeness (QED) is 0.698. The van der Waals surface area contributed by atoms with Gasteiger partial charge >= 0.3 is 0 Å². The summed E-state index contributed by atoms with van der Waals surface area (Å²) < 4.78 is 24.3. The van der Waals surface area contributed by atoms with E-state index in [0.717, 1.165) is 44.1 Å². The molecule has 1 atom stereocenters. The summed E-state index contributed by atoms with van der Waals surface area (Å²) in [6.45, 7) is 6.15. The molecule has 2 fully saturated rings. The van der Waals surface area contributed by atoms with Gasteiger partial charge in [-0.25, -0.2) is 4.39 Å². The molecule has 34 heavy (non-hydrogen) atoms. The molecule has 2 aromatic rings. The Bertz CT molecular complexity index is 1040. The van der Waals surface area contributed by atoms with Gasteiger partial charge in [0.1, 0.15) is 19.0 Å². The van der Waals surface area contributed by atoms with E-state index in [1.54, 1.807) is 17.0 Å². The van der Waals surface area contributed by atoms with E-state index in [9.17, 15) is 14.0 Å². The Morgan fingerprint density at radius 1 is 0.971 bits per heavy atom. The van der Waals surface area contributed by atoms with Crippen LogP contribution >= 0.6 is 0 Å². The summed E-state index contributed by atoms with van der Waals surface area (Å²) in [6.07, 6.45) is 0.205. The molecule has 0 radical (unpaired) electrons. The lowest BCUT2D eigenvalue weighted by Crippen LogP contribution is -2.48. The van der Waals surface area contributed by atoms with E-state index < -0.39 is 0 Å². The summed E-state index contributed by atoms with van der Waals surface area (Å²) in [7, 11) is 0. The number of carbonyl (C=O) groups excluding carboxylic acids is 2. The van der Waals surface area contributed by atoms with Crippen molar-refractivity contribution in [2.75, 3.05) is 68.8 Å². The number of hydrogen-bond acceptors (Lipinski definition) is 6. The predicted molar refractivity (Wildman–Crippen MR) is 126 cm³/mol. The molecule has 2 saturated heterocycles. The van der Waals surface area contributed by atoms with E-state index >= 15 is 0 Å². The van der Waals surface area contributed by atoms with Gasteiger partial charge in [0.25, 0.3) is 0 Å². The molecule has 0 spiro atoms. The third-order valence-electron chi connectivity index (χ3n) is 6.62. The highest BCUT2D eigenvalue weighted by molar-refractivity contribution is 6.00. The molecule has 0 bridgehead atoms. The van der Waals surface area contributed by atoms with Gasteiger partial charge in [-0.3, -0.25) is 14.5 Å². The number of ether oxygens (including phenoxy) is 2. The van der Waals surface area contributed by atoms with Gasteiger partial charge in [0, 0.05) is 69.7 Å². The number of rotatable bonds is 6. The Balaban J connectivity index is 1.07. The molecule has 8 nitrogen and oxygen atoms in total. The van der Waals surface area contributed by atoms with Crippen LogP contribution in [-0.2, 0) is 9.59 Å². The van der Waals surface area contributed by atoms with Crippen LogP contribution < -0.4 is 24.6 Å². The van der Waals surface area contributed by atoms with Gasteiger partial charge in [-0.05, 0) is 36.4 Å². The van der Waals surface area contributed by atoms with Crippen molar-refractivity contribution in [1.29, 1.82) is 0 Å². The van der Waals surface area contributed by atoms with Gasteiger partial charge in [-0.2, -0.15) is 0 Å². The van der Waals surface area contributed by atoms with Gasteiger partial charge in [-0.15, -0.1) is 0 Å². The molecule has 0 aromatic heterocycles. The Morgan fingerprint density at radius 2 is 1.68 bits per heavy atom. The fraction of sp³-hybridized carbons (Fsp3) is 0.440. The van der Waals surface area contributed by atoms with Crippen molar-refractivity contribution in [3.05, 3.63) is 48.3 Å². The molecule has 9 heteroatoms. The first kappa shape index (κ1) is 22.5. The molecule has 2 amide bonds. The second-order valence-corrected chi connectivity index (χ2v) is 8.83. The molecule has 3 aliphatic heterocycles. The maximum atomic E-state index is 13.1. The first-order valence-corrected chi connectivity index (χ1v) is 11.8. The van der Waals surface area contributed by atoms with Crippen molar-refractivity contribution in [2.45, 2.75) is 6.42 Å². The number of carbonyl (C=O) groups is 2. The summed E-state index contributed by atoms with van der Waals surface area (Å²) in [5.74, 6) is 0.568. The molecule has 3 aliphatic rings. The number of amides is 2. The lowest BCUT2D eigenvalue weighted by molar-refractivity contribution is -0.126. The monoisotopic (exact) mass is 468 g/mol. The van der Waals surface area contributed by atoms with Gasteiger partial charge in [0.15, 0.2) is 11.5 Å². The Labute approximate surface area is 198 Å². The predicted octanol–water partition coefficient (Wildman–Crippen LogP) is 1.89. The molecule has 0 saturated carbocycles. The largest absolute Gasteiger partial charge is 0.486 e. The minimum atomic E-state index is -0.365. The first-order valence-electron chi connectivity index (χ1n) is 11.8. The van der Waals surface area contributed by atoms with Gasteiger partial charge < -0.3 is 24.6 Å². The number of piperazine rings is 1. The number of hydrogen-bond donors (Lipinski definition) is 1. The fourth-order valence-corrected chi connectivity index (χ4v) is 4.70. The van der Waals surface area contributed by atoms with Crippen LogP contribution in [0.15, 0.2) is 42.5 Å². The van der Waals surface area contributed by atoms with Crippen molar-refractivity contribution >= 4 is 23.2 Å². The molecular weight excluding hydrogens is 439 g/mol. The Kier molecular flexibility index (Phi) is 6.53. The highest BCUT2D eigenvalue weighted by atomic mass is 19.1. The topological polar surface area (TPSA) is 74.4 Å². The number of fused-ring (bicyclic) bond motifs is 1. The minimum absolute atomic E-state index is 0.0613. The van der Waals surface area contributed by atoms with Crippen molar-refractivity contribution in [1.82, 2.24) is 10.2 Å². The van der Waals surface area contributed by atoms with Crippen LogP contribution in [0.1, 0.15) is 6.42 Å². The van der Waals surface area contributed by atoms with Crippen LogP contribution in [0.2, 0.25) is 0 Å². The number of anilines is 2. The number of benzene rings is 2. The van der Waals surface area contributed by atoms with E-state index in [0.29, 0.717) is 37.8 Å². The van der Waals surface area contributed by atoms with Gasteiger partial charge in [0.2, 0.25) is 11.8 Å². The average molecular weight is 469 g/mol. The van der Waals surface area contributed by atoms with Crippen LogP contribution in [0.3, 0.4) is 0 Å². The van der Waals surface area contributed by atoms with E-state index in [4.69, 9.17) is 9.47 Å². The third kappa shape index (κ3) is 4.94. The molecule has 1 N–H and O–H groups in total. The molecular formula is C25H29FN4O4. The van der Waals surface area contributed by atoms with Crippen LogP contribution in [0, 0.1) is 11.7 Å². The molecule has 180 valence electrons. The lowest BCUT2D eigenvalue weighted by Gasteiger charge is -2.36. The SMILES string of the molecule is O=C(NCCN1CCN(c2ccc(F)cc2)CC1)C1CC(=O)N(c2ccc3c(c2)OCCO3)C1. The summed E-state index contributed by atoms with van der Waals surface area (Å²) in [5.41, 5.74) is 1.76. The van der Waals surface area contributed by atoms with Gasteiger partial charge in [0.05, 0.1) is 5.92 Å². The Hall–Kier alpha value is -3.33. The normalized spacial score (nSPS) is 20.5. The zero-order chi connectivity index (χ0) is 23.5. The summed E-state index contributed by atoms with van der Waals surface area (Å²) >= 11 is 0. The van der Waals surface area contributed by atoms with Crippen LogP contribution in [0.25, 0.3) is 0 Å². The smallest absolute Gasteiger partial charge is 0.227 e. The van der Waals surface area contributed by atoms with E-state index in [1.807, 2.05) is 18.2 Å². The minimum Gasteiger partial charge on any atom is -0.486 e. The second-order valence-electron chi connectivity index (χ2n) is 8.83. The average Bonchev–Trinajstić information content (AvgIpc) is 3.26. The molecule has 1 unspecified atom stereocenters. The zero-order valence-electron chi connectivity index (χ0n) is 19.0. The van der Waals surface area contributed by atoms with Gasteiger partial charge in [-0.1, -0.05) is 0 Å². The number of halogens is 1. The molecule has 5 rings (SSSR count). The fourth-order valence-electron chi connectivity index (χ4n) is 4.70. The summed E-state index contributed by atoms with van der Waals surface area (Å²) in [4.78, 5) is 31.5. The molecule has 0 aliphatic carbocycles. The maximum Gasteiger partial charge on any atom is 0.227 e. The number of nitrogens with one attached hydrogen (secondary N) is 1. The van der Waals surface area contributed by atoms with Crippen LogP contribution in [0.5, 0.6) is 11.5 Å². The number of nitrogens with zero attached hydrogens (tertiary/aromatic N) is 3. The molecule has 3 heterocycles. The van der Waals surface area contributed by atoms with Crippen molar-refractivity contribution < 1.29 is 23.5 Å².